The van der Waals surface area contributed by atoms with Crippen molar-refractivity contribution in [3.8, 4) is 16.6 Å². The Morgan fingerprint density at radius 3 is 2.90 bits per heavy atom. The predicted octanol–water partition coefficient (Wildman–Crippen LogP) is 4.42. The van der Waals surface area contributed by atoms with E-state index in [0.717, 1.165) is 16.5 Å². The number of ketones is 1. The smallest absolute Gasteiger partial charge is 0.277 e. The first-order chi connectivity index (χ1) is 15.1. The summed E-state index contributed by atoms with van der Waals surface area (Å²) in [5.41, 5.74) is 2.51. The highest BCUT2D eigenvalue weighted by Crippen LogP contribution is 2.36. The van der Waals surface area contributed by atoms with Gasteiger partial charge in [0.25, 0.3) is 11.1 Å². The lowest BCUT2D eigenvalue weighted by Crippen LogP contribution is -2.21. The third-order valence-corrected chi connectivity index (χ3v) is 6.45. The normalized spacial score (nSPS) is 15.2. The van der Waals surface area contributed by atoms with E-state index in [1.165, 1.54) is 23.1 Å². The lowest BCUT2D eigenvalue weighted by molar-refractivity contribution is 0.0686. The average Bonchev–Trinajstić information content (AvgIpc) is 3.52. The number of benzene rings is 1. The Kier molecular flexibility index (Phi) is 5.24. The van der Waals surface area contributed by atoms with Crippen molar-refractivity contribution in [1.82, 2.24) is 19.7 Å². The van der Waals surface area contributed by atoms with Crippen molar-refractivity contribution < 1.29 is 18.7 Å². The maximum Gasteiger partial charge on any atom is 0.277 e. The molecule has 158 valence electrons. The summed E-state index contributed by atoms with van der Waals surface area (Å²) in [6, 6.07) is 9.32. The molecule has 0 radical (unpaired) electrons. The van der Waals surface area contributed by atoms with Crippen LogP contribution in [0.2, 0.25) is 0 Å². The quantitative estimate of drug-likeness (QED) is 0.312. The molecular weight excluding hydrogens is 436 g/mol. The number of nitrogens with zero attached hydrogens (tertiary/aromatic N) is 4. The number of Topliss-reactive ketones (excluding diaryl/α,β-unsaturated/α-hetero) is 1. The van der Waals surface area contributed by atoms with Gasteiger partial charge in [-0.25, -0.2) is 4.98 Å². The SMILES string of the molecule is Cc1cc(C(=O)CSc2nnc(C3COc4ccccc4O3)o2)c(C)n1-c1nccs1. The van der Waals surface area contributed by atoms with E-state index in [1.54, 1.807) is 6.20 Å². The van der Waals surface area contributed by atoms with Gasteiger partial charge in [0.2, 0.25) is 6.10 Å². The van der Waals surface area contributed by atoms with Crippen LogP contribution in [0.3, 0.4) is 0 Å². The third-order valence-electron chi connectivity index (χ3n) is 4.87. The monoisotopic (exact) mass is 454 g/mol. The highest BCUT2D eigenvalue weighted by molar-refractivity contribution is 7.99. The fourth-order valence-corrected chi connectivity index (χ4v) is 4.83. The molecule has 3 aromatic heterocycles. The molecule has 0 fully saturated rings. The van der Waals surface area contributed by atoms with Crippen molar-refractivity contribution in [3.05, 3.63) is 64.8 Å². The van der Waals surface area contributed by atoms with Crippen LogP contribution in [0.1, 0.15) is 33.7 Å². The highest BCUT2D eigenvalue weighted by atomic mass is 32.2. The van der Waals surface area contributed by atoms with E-state index in [2.05, 4.69) is 15.2 Å². The van der Waals surface area contributed by atoms with Crippen molar-refractivity contribution in [1.29, 1.82) is 0 Å². The van der Waals surface area contributed by atoms with E-state index < -0.39 is 6.10 Å². The van der Waals surface area contributed by atoms with Crippen LogP contribution in [0.25, 0.3) is 5.13 Å². The van der Waals surface area contributed by atoms with Crippen LogP contribution >= 0.6 is 23.1 Å². The molecule has 1 aliphatic heterocycles. The Morgan fingerprint density at radius 2 is 2.10 bits per heavy atom. The minimum absolute atomic E-state index is 0.00756. The number of thiazole rings is 1. The molecule has 4 aromatic rings. The second-order valence-electron chi connectivity index (χ2n) is 6.92. The van der Waals surface area contributed by atoms with E-state index >= 15 is 0 Å². The van der Waals surface area contributed by atoms with Crippen LogP contribution < -0.4 is 9.47 Å². The molecule has 0 bridgehead atoms. The fourth-order valence-electron chi connectivity index (χ4n) is 3.42. The van der Waals surface area contributed by atoms with Gasteiger partial charge in [0.1, 0.15) is 6.61 Å². The third kappa shape index (κ3) is 3.84. The van der Waals surface area contributed by atoms with Crippen LogP contribution in [0.5, 0.6) is 11.5 Å². The van der Waals surface area contributed by atoms with E-state index in [0.29, 0.717) is 28.2 Å². The predicted molar refractivity (Wildman–Crippen MR) is 116 cm³/mol. The number of fused-ring (bicyclic) bond motifs is 1. The minimum atomic E-state index is -0.482. The molecule has 0 saturated heterocycles. The molecule has 5 rings (SSSR count). The number of carbonyl (C=O) groups excluding carboxylic acids is 1. The number of hydrogen-bond donors (Lipinski definition) is 0. The van der Waals surface area contributed by atoms with Crippen LogP contribution in [-0.2, 0) is 0 Å². The molecule has 8 nitrogen and oxygen atoms in total. The summed E-state index contributed by atoms with van der Waals surface area (Å²) in [5.74, 6) is 1.83. The fraction of sp³-hybridized carbons (Fsp3) is 0.238. The standard InChI is InChI=1S/C21H18N4O4S2/c1-12-9-14(13(2)25(12)20-22-7-8-30-20)15(26)11-31-21-24-23-19(29-21)18-10-27-16-5-3-4-6-17(16)28-18/h3-9,18H,10-11H2,1-2H3. The maximum atomic E-state index is 12.8. The van der Waals surface area contributed by atoms with Crippen LogP contribution in [0.4, 0.5) is 0 Å². The summed E-state index contributed by atoms with van der Waals surface area (Å²) in [4.78, 5) is 17.2. The number of para-hydroxylation sites is 2. The van der Waals surface area contributed by atoms with Gasteiger partial charge < -0.3 is 13.9 Å². The van der Waals surface area contributed by atoms with Gasteiger partial charge in [0.15, 0.2) is 22.4 Å². The molecule has 0 N–H and O–H groups in total. The Morgan fingerprint density at radius 1 is 1.26 bits per heavy atom. The number of hydrogen-bond acceptors (Lipinski definition) is 9. The van der Waals surface area contributed by atoms with Gasteiger partial charge in [-0.05, 0) is 32.0 Å². The number of rotatable bonds is 6. The van der Waals surface area contributed by atoms with Gasteiger partial charge in [-0.15, -0.1) is 21.5 Å². The summed E-state index contributed by atoms with van der Waals surface area (Å²) in [6.07, 6.45) is 1.27. The number of aromatic nitrogens is 4. The molecule has 1 unspecified atom stereocenters. The van der Waals surface area contributed by atoms with Gasteiger partial charge in [-0.3, -0.25) is 9.36 Å². The first kappa shape index (κ1) is 19.8. The van der Waals surface area contributed by atoms with Crippen LogP contribution in [-0.4, -0.2) is 37.9 Å². The first-order valence-corrected chi connectivity index (χ1v) is 11.4. The van der Waals surface area contributed by atoms with Crippen molar-refractivity contribution in [2.75, 3.05) is 12.4 Å². The Balaban J connectivity index is 1.25. The maximum absolute atomic E-state index is 12.8. The molecule has 0 saturated carbocycles. The van der Waals surface area contributed by atoms with Crippen molar-refractivity contribution in [2.24, 2.45) is 0 Å². The molecule has 31 heavy (non-hydrogen) atoms. The Bertz CT molecular complexity index is 1230. The van der Waals surface area contributed by atoms with Gasteiger partial charge in [0.05, 0.1) is 5.75 Å². The second-order valence-corrected chi connectivity index (χ2v) is 8.72. The van der Waals surface area contributed by atoms with E-state index in [4.69, 9.17) is 13.9 Å². The van der Waals surface area contributed by atoms with E-state index in [-0.39, 0.29) is 18.1 Å². The second kappa shape index (κ2) is 8.20. The summed E-state index contributed by atoms with van der Waals surface area (Å²) in [5, 5.41) is 11.2. The first-order valence-electron chi connectivity index (χ1n) is 9.57. The number of ether oxygens (including phenoxy) is 2. The molecule has 1 aliphatic rings. The van der Waals surface area contributed by atoms with Crippen molar-refractivity contribution in [3.63, 3.8) is 0 Å². The van der Waals surface area contributed by atoms with Gasteiger partial charge in [-0.1, -0.05) is 23.9 Å². The molecule has 10 heteroatoms. The summed E-state index contributed by atoms with van der Waals surface area (Å²) in [7, 11) is 0. The zero-order valence-corrected chi connectivity index (χ0v) is 18.4. The molecule has 1 atom stereocenters. The van der Waals surface area contributed by atoms with Gasteiger partial charge in [0, 0.05) is 28.5 Å². The lowest BCUT2D eigenvalue weighted by atomic mass is 10.2. The Labute approximate surface area is 186 Å². The van der Waals surface area contributed by atoms with Crippen molar-refractivity contribution >= 4 is 28.9 Å². The highest BCUT2D eigenvalue weighted by Gasteiger charge is 2.27. The van der Waals surface area contributed by atoms with E-state index in [9.17, 15) is 4.79 Å². The number of carbonyl (C=O) groups is 1. The van der Waals surface area contributed by atoms with Crippen LogP contribution in [0, 0.1) is 13.8 Å². The summed E-state index contributed by atoms with van der Waals surface area (Å²) in [6.45, 7) is 4.17. The van der Waals surface area contributed by atoms with Crippen LogP contribution in [0.15, 0.2) is 51.5 Å². The summed E-state index contributed by atoms with van der Waals surface area (Å²) < 4.78 is 19.3. The largest absolute Gasteiger partial charge is 0.485 e. The van der Waals surface area contributed by atoms with Gasteiger partial charge in [-0.2, -0.15) is 0 Å². The molecule has 0 amide bonds. The zero-order valence-electron chi connectivity index (χ0n) is 16.8. The van der Waals surface area contributed by atoms with E-state index in [1.807, 2.05) is 54.1 Å². The molecular formula is C21H18N4O4S2. The minimum Gasteiger partial charge on any atom is -0.485 e. The van der Waals surface area contributed by atoms with Crippen molar-refractivity contribution in [2.45, 2.75) is 25.2 Å². The molecule has 4 heterocycles. The number of thioether (sulfide) groups is 1. The number of aryl methyl sites for hydroxylation is 1. The zero-order chi connectivity index (χ0) is 21.4. The summed E-state index contributed by atoms with van der Waals surface area (Å²) >= 11 is 2.74. The molecule has 0 spiro atoms. The lowest BCUT2D eigenvalue weighted by Gasteiger charge is -2.23. The topological polar surface area (TPSA) is 92.3 Å². The molecule has 0 aliphatic carbocycles. The Hall–Kier alpha value is -3.11. The van der Waals surface area contributed by atoms with Gasteiger partial charge >= 0.3 is 0 Å². The molecule has 1 aromatic carbocycles. The average molecular weight is 455 g/mol.